The number of rotatable bonds is 3. The molecule has 0 aliphatic heterocycles. The molecule has 0 atom stereocenters. The zero-order chi connectivity index (χ0) is 16.4. The zero-order valence-electron chi connectivity index (χ0n) is 13.4. The summed E-state index contributed by atoms with van der Waals surface area (Å²) < 4.78 is 2.08. The molecular formula is C21H17N3. The Morgan fingerprint density at radius 3 is 2.58 bits per heavy atom. The maximum atomic E-state index is 4.76. The first-order chi connectivity index (χ1) is 11.8. The second kappa shape index (κ2) is 6.13. The fraction of sp³-hybridized carbons (Fsp3) is 0.0476. The number of para-hydroxylation sites is 2. The Kier molecular flexibility index (Phi) is 3.67. The van der Waals surface area contributed by atoms with Crippen LogP contribution in [-0.4, -0.2) is 14.5 Å². The van der Waals surface area contributed by atoms with Crippen molar-refractivity contribution < 1.29 is 0 Å². The van der Waals surface area contributed by atoms with Gasteiger partial charge in [-0.05, 0) is 42.8 Å². The van der Waals surface area contributed by atoms with Crippen LogP contribution in [0.15, 0.2) is 72.9 Å². The van der Waals surface area contributed by atoms with Crippen LogP contribution in [0.2, 0.25) is 0 Å². The lowest BCUT2D eigenvalue weighted by Gasteiger charge is -2.05. The monoisotopic (exact) mass is 311 g/mol. The number of aryl methyl sites for hydroxylation is 1. The summed E-state index contributed by atoms with van der Waals surface area (Å²) in [5.74, 6) is 1.74. The molecule has 0 spiro atoms. The Morgan fingerprint density at radius 2 is 1.75 bits per heavy atom. The van der Waals surface area contributed by atoms with Gasteiger partial charge >= 0.3 is 0 Å². The molecular weight excluding hydrogens is 294 g/mol. The summed E-state index contributed by atoms with van der Waals surface area (Å²) in [4.78, 5) is 9.25. The number of nitrogens with zero attached hydrogens (tertiary/aromatic N) is 3. The molecule has 0 unspecified atom stereocenters. The van der Waals surface area contributed by atoms with Gasteiger partial charge in [-0.1, -0.05) is 54.1 Å². The Hall–Kier alpha value is -3.20. The van der Waals surface area contributed by atoms with Crippen molar-refractivity contribution in [2.75, 3.05) is 0 Å². The van der Waals surface area contributed by atoms with E-state index in [-0.39, 0.29) is 0 Å². The minimum absolute atomic E-state index is 0.870. The van der Waals surface area contributed by atoms with Gasteiger partial charge in [-0.3, -0.25) is 4.57 Å². The number of fused-ring (bicyclic) bond motifs is 1. The SMILES string of the molecule is Cc1cccc(/C=C/c2nc3ccccc3n2-c2ccccn2)c1. The molecule has 0 aliphatic carbocycles. The molecule has 0 radical (unpaired) electrons. The standard InChI is InChI=1S/C21H17N3/c1-16-7-6-8-17(15-16)12-13-21-23-18-9-2-3-10-19(18)24(21)20-11-4-5-14-22-20/h2-15H,1H3/b13-12+. The third kappa shape index (κ3) is 2.72. The normalized spacial score (nSPS) is 11.4. The molecule has 0 N–H and O–H groups in total. The van der Waals surface area contributed by atoms with Crippen molar-refractivity contribution in [2.45, 2.75) is 6.92 Å². The molecule has 0 aliphatic rings. The van der Waals surface area contributed by atoms with Crippen LogP contribution in [0.3, 0.4) is 0 Å². The highest BCUT2D eigenvalue weighted by Gasteiger charge is 2.10. The predicted octanol–water partition coefficient (Wildman–Crippen LogP) is 4.90. The van der Waals surface area contributed by atoms with E-state index in [2.05, 4.69) is 52.9 Å². The van der Waals surface area contributed by atoms with Crippen LogP contribution in [-0.2, 0) is 0 Å². The smallest absolute Gasteiger partial charge is 0.139 e. The molecule has 0 amide bonds. The minimum Gasteiger partial charge on any atom is -0.277 e. The highest BCUT2D eigenvalue weighted by atomic mass is 15.1. The number of hydrogen-bond acceptors (Lipinski definition) is 2. The van der Waals surface area contributed by atoms with Gasteiger partial charge in [-0.25, -0.2) is 9.97 Å². The molecule has 0 saturated heterocycles. The fourth-order valence-electron chi connectivity index (χ4n) is 2.83. The van der Waals surface area contributed by atoms with Crippen LogP contribution in [0, 0.1) is 6.92 Å². The Morgan fingerprint density at radius 1 is 0.875 bits per heavy atom. The van der Waals surface area contributed by atoms with Crippen molar-refractivity contribution in [1.29, 1.82) is 0 Å². The van der Waals surface area contributed by atoms with Crippen LogP contribution in [0.25, 0.3) is 29.0 Å². The van der Waals surface area contributed by atoms with Gasteiger partial charge in [0.05, 0.1) is 11.0 Å². The predicted molar refractivity (Wildman–Crippen MR) is 99.0 cm³/mol. The van der Waals surface area contributed by atoms with E-state index in [1.54, 1.807) is 6.20 Å². The largest absolute Gasteiger partial charge is 0.277 e. The van der Waals surface area contributed by atoms with Gasteiger partial charge in [-0.2, -0.15) is 0 Å². The third-order valence-corrected chi connectivity index (χ3v) is 3.93. The summed E-state index contributed by atoms with van der Waals surface area (Å²) in [6, 6.07) is 22.5. The number of hydrogen-bond donors (Lipinski definition) is 0. The van der Waals surface area contributed by atoms with E-state index in [0.717, 1.165) is 28.2 Å². The van der Waals surface area contributed by atoms with Gasteiger partial charge in [0.1, 0.15) is 11.6 Å². The lowest BCUT2D eigenvalue weighted by Crippen LogP contribution is -1.99. The van der Waals surface area contributed by atoms with E-state index in [4.69, 9.17) is 4.98 Å². The second-order valence-corrected chi connectivity index (χ2v) is 5.73. The van der Waals surface area contributed by atoms with Crippen LogP contribution in [0.1, 0.15) is 17.0 Å². The van der Waals surface area contributed by atoms with E-state index in [9.17, 15) is 0 Å². The molecule has 2 aromatic carbocycles. The summed E-state index contributed by atoms with van der Waals surface area (Å²) in [6.45, 7) is 2.10. The number of benzene rings is 2. The van der Waals surface area contributed by atoms with Crippen molar-refractivity contribution >= 4 is 23.2 Å². The topological polar surface area (TPSA) is 30.7 Å². The zero-order valence-corrected chi connectivity index (χ0v) is 13.4. The van der Waals surface area contributed by atoms with E-state index >= 15 is 0 Å². The van der Waals surface area contributed by atoms with Crippen molar-refractivity contribution in [3.8, 4) is 5.82 Å². The van der Waals surface area contributed by atoms with Gasteiger partial charge in [-0.15, -0.1) is 0 Å². The highest BCUT2D eigenvalue weighted by Crippen LogP contribution is 2.21. The molecule has 3 nitrogen and oxygen atoms in total. The van der Waals surface area contributed by atoms with Crippen molar-refractivity contribution in [3.05, 3.63) is 89.9 Å². The van der Waals surface area contributed by atoms with Crippen molar-refractivity contribution in [2.24, 2.45) is 0 Å². The summed E-state index contributed by atoms with van der Waals surface area (Å²) in [6.07, 6.45) is 5.94. The maximum absolute atomic E-state index is 4.76. The molecule has 4 aromatic rings. The van der Waals surface area contributed by atoms with Crippen LogP contribution in [0.4, 0.5) is 0 Å². The van der Waals surface area contributed by atoms with Crippen molar-refractivity contribution in [3.63, 3.8) is 0 Å². The molecule has 0 saturated carbocycles. The quantitative estimate of drug-likeness (QED) is 0.539. The van der Waals surface area contributed by atoms with Gasteiger partial charge in [0.25, 0.3) is 0 Å². The van der Waals surface area contributed by atoms with Crippen LogP contribution in [0.5, 0.6) is 0 Å². The summed E-state index contributed by atoms with van der Waals surface area (Å²) in [5.41, 5.74) is 4.43. The number of pyridine rings is 1. The Balaban J connectivity index is 1.86. The van der Waals surface area contributed by atoms with Gasteiger partial charge < -0.3 is 0 Å². The second-order valence-electron chi connectivity index (χ2n) is 5.73. The Bertz CT molecular complexity index is 1010. The Labute approximate surface area is 140 Å². The van der Waals surface area contributed by atoms with Crippen LogP contribution < -0.4 is 0 Å². The molecule has 24 heavy (non-hydrogen) atoms. The summed E-state index contributed by atoms with van der Waals surface area (Å²) in [5, 5.41) is 0. The van der Waals surface area contributed by atoms with E-state index < -0.39 is 0 Å². The average molecular weight is 311 g/mol. The van der Waals surface area contributed by atoms with E-state index in [0.29, 0.717) is 0 Å². The molecule has 116 valence electrons. The lowest BCUT2D eigenvalue weighted by atomic mass is 10.1. The van der Waals surface area contributed by atoms with Gasteiger partial charge in [0.2, 0.25) is 0 Å². The van der Waals surface area contributed by atoms with Gasteiger partial charge in [0, 0.05) is 6.20 Å². The first-order valence-electron chi connectivity index (χ1n) is 7.95. The fourth-order valence-corrected chi connectivity index (χ4v) is 2.83. The van der Waals surface area contributed by atoms with Crippen LogP contribution >= 0.6 is 0 Å². The molecule has 2 heterocycles. The first kappa shape index (κ1) is 14.4. The maximum Gasteiger partial charge on any atom is 0.139 e. The molecule has 3 heteroatoms. The molecule has 4 rings (SSSR count). The first-order valence-corrected chi connectivity index (χ1v) is 7.95. The minimum atomic E-state index is 0.870. The molecule has 2 aromatic heterocycles. The van der Waals surface area contributed by atoms with Gasteiger partial charge in [0.15, 0.2) is 0 Å². The number of imidazole rings is 1. The molecule has 0 bridgehead atoms. The number of aromatic nitrogens is 3. The highest BCUT2D eigenvalue weighted by molar-refractivity contribution is 5.81. The summed E-state index contributed by atoms with van der Waals surface area (Å²) >= 11 is 0. The van der Waals surface area contributed by atoms with E-state index in [1.807, 2.05) is 42.5 Å². The summed E-state index contributed by atoms with van der Waals surface area (Å²) in [7, 11) is 0. The third-order valence-electron chi connectivity index (χ3n) is 3.93. The molecule has 0 fully saturated rings. The lowest BCUT2D eigenvalue weighted by molar-refractivity contribution is 1.01. The van der Waals surface area contributed by atoms with Crippen molar-refractivity contribution in [1.82, 2.24) is 14.5 Å². The van der Waals surface area contributed by atoms with E-state index in [1.165, 1.54) is 5.56 Å². The average Bonchev–Trinajstić information content (AvgIpc) is 2.99.